The summed E-state index contributed by atoms with van der Waals surface area (Å²) < 4.78 is 2.86. The fraction of sp³-hybridized carbons (Fsp3) is 0. The normalized spacial score (nSPS) is 11.3. The summed E-state index contributed by atoms with van der Waals surface area (Å²) in [6.45, 7) is 0. The number of halogens is 1. The minimum atomic E-state index is -0.431. The number of allylic oxidation sites excluding steroid dienone is 1. The smallest absolute Gasteiger partial charge is 0.269 e. The third-order valence-corrected chi connectivity index (χ3v) is 5.81. The van der Waals surface area contributed by atoms with E-state index in [1.165, 1.54) is 23.5 Å². The zero-order valence-corrected chi connectivity index (χ0v) is 17.8. The van der Waals surface area contributed by atoms with Gasteiger partial charge in [0.1, 0.15) is 11.1 Å². The maximum atomic E-state index is 10.9. The summed E-state index contributed by atoms with van der Waals surface area (Å²) in [7, 11) is 0. The average molecular weight is 477 g/mol. The molecular weight excluding hydrogens is 464 g/mol. The lowest BCUT2D eigenvalue weighted by atomic mass is 10.2. The number of thiazole rings is 1. The van der Waals surface area contributed by atoms with Gasteiger partial charge in [-0.2, -0.15) is 5.26 Å². The van der Waals surface area contributed by atoms with Gasteiger partial charge in [0.2, 0.25) is 0 Å². The molecule has 0 radical (unpaired) electrons. The molecule has 0 spiro atoms. The first kappa shape index (κ1) is 19.8. The summed E-state index contributed by atoms with van der Waals surface area (Å²) in [5.74, 6) is 0. The molecule has 0 aliphatic carbocycles. The molecule has 0 bridgehead atoms. The van der Waals surface area contributed by atoms with Crippen LogP contribution in [0.15, 0.2) is 76.7 Å². The van der Waals surface area contributed by atoms with E-state index in [0.29, 0.717) is 10.6 Å². The molecule has 4 rings (SSSR count). The van der Waals surface area contributed by atoms with Crippen LogP contribution >= 0.6 is 27.3 Å². The molecule has 0 atom stereocenters. The summed E-state index contributed by atoms with van der Waals surface area (Å²) in [5, 5.41) is 23.1. The van der Waals surface area contributed by atoms with E-state index in [9.17, 15) is 15.4 Å². The highest BCUT2D eigenvalue weighted by Gasteiger charge is 2.11. The van der Waals surface area contributed by atoms with E-state index < -0.39 is 4.92 Å². The van der Waals surface area contributed by atoms with Crippen molar-refractivity contribution in [3.8, 4) is 23.0 Å². The monoisotopic (exact) mass is 476 g/mol. The van der Waals surface area contributed by atoms with Gasteiger partial charge in [-0.05, 0) is 42.5 Å². The Morgan fingerprint density at radius 1 is 1.17 bits per heavy atom. The Kier molecular flexibility index (Phi) is 5.57. The van der Waals surface area contributed by atoms with Gasteiger partial charge in [-0.25, -0.2) is 4.98 Å². The summed E-state index contributed by atoms with van der Waals surface area (Å²) in [5.41, 5.74) is 3.82. The molecule has 2 aromatic carbocycles. The first-order valence-corrected chi connectivity index (χ1v) is 10.5. The molecule has 8 heteroatoms. The molecule has 0 fully saturated rings. The van der Waals surface area contributed by atoms with Gasteiger partial charge >= 0.3 is 0 Å². The number of nitrogens with zero attached hydrogens (tertiary/aromatic N) is 4. The number of hydrogen-bond donors (Lipinski definition) is 0. The van der Waals surface area contributed by atoms with Crippen LogP contribution in [0, 0.1) is 21.4 Å². The Labute approximate surface area is 184 Å². The van der Waals surface area contributed by atoms with Gasteiger partial charge in [-0.3, -0.25) is 10.1 Å². The van der Waals surface area contributed by atoms with Crippen LogP contribution in [0.1, 0.15) is 10.7 Å². The highest BCUT2D eigenvalue weighted by Crippen LogP contribution is 2.28. The molecule has 146 valence electrons. The van der Waals surface area contributed by atoms with Crippen molar-refractivity contribution in [2.24, 2.45) is 0 Å². The Morgan fingerprint density at radius 3 is 2.57 bits per heavy atom. The lowest BCUT2D eigenvalue weighted by molar-refractivity contribution is -0.384. The zero-order valence-electron chi connectivity index (χ0n) is 15.4. The summed E-state index contributed by atoms with van der Waals surface area (Å²) in [6, 6.07) is 20.1. The van der Waals surface area contributed by atoms with Crippen molar-refractivity contribution in [3.63, 3.8) is 0 Å². The van der Waals surface area contributed by atoms with Gasteiger partial charge in [0.25, 0.3) is 5.69 Å². The van der Waals surface area contributed by atoms with Crippen LogP contribution in [-0.4, -0.2) is 14.5 Å². The molecule has 0 N–H and O–H groups in total. The number of nitro benzene ring substituents is 1. The number of aromatic nitrogens is 2. The second-order valence-electron chi connectivity index (χ2n) is 6.29. The Morgan fingerprint density at radius 2 is 1.90 bits per heavy atom. The highest BCUT2D eigenvalue weighted by atomic mass is 79.9. The lowest BCUT2D eigenvalue weighted by Gasteiger charge is -2.06. The third kappa shape index (κ3) is 4.08. The van der Waals surface area contributed by atoms with Crippen LogP contribution in [0.2, 0.25) is 0 Å². The fourth-order valence-electron chi connectivity index (χ4n) is 2.92. The van der Waals surface area contributed by atoms with Crippen LogP contribution in [0.5, 0.6) is 0 Å². The van der Waals surface area contributed by atoms with Gasteiger partial charge in [0.15, 0.2) is 0 Å². The van der Waals surface area contributed by atoms with Crippen molar-refractivity contribution in [2.75, 3.05) is 0 Å². The van der Waals surface area contributed by atoms with Crippen LogP contribution < -0.4 is 0 Å². The molecular formula is C22H13BrN4O2S. The van der Waals surface area contributed by atoms with E-state index in [4.69, 9.17) is 0 Å². The van der Waals surface area contributed by atoms with Crippen molar-refractivity contribution in [1.29, 1.82) is 5.26 Å². The number of non-ortho nitro benzene ring substituents is 1. The Balaban J connectivity index is 1.66. The molecule has 0 aliphatic rings. The summed E-state index contributed by atoms with van der Waals surface area (Å²) in [6.07, 6.45) is 3.61. The Bertz CT molecular complexity index is 1280. The molecule has 0 unspecified atom stereocenters. The van der Waals surface area contributed by atoms with Gasteiger partial charge in [0.05, 0.1) is 16.2 Å². The molecule has 0 amide bonds. The van der Waals surface area contributed by atoms with E-state index in [1.54, 1.807) is 18.2 Å². The van der Waals surface area contributed by atoms with Crippen molar-refractivity contribution in [1.82, 2.24) is 9.55 Å². The third-order valence-electron chi connectivity index (χ3n) is 4.41. The van der Waals surface area contributed by atoms with E-state index >= 15 is 0 Å². The molecule has 30 heavy (non-hydrogen) atoms. The van der Waals surface area contributed by atoms with Gasteiger partial charge in [-0.15, -0.1) is 11.3 Å². The first-order valence-electron chi connectivity index (χ1n) is 8.81. The molecule has 2 aromatic heterocycles. The number of nitriles is 1. The summed E-state index contributed by atoms with van der Waals surface area (Å²) in [4.78, 5) is 15.1. The second-order valence-corrected chi connectivity index (χ2v) is 8.06. The quantitative estimate of drug-likeness (QED) is 0.191. The molecule has 4 aromatic rings. The molecule has 6 nitrogen and oxygen atoms in total. The van der Waals surface area contributed by atoms with E-state index in [-0.39, 0.29) is 5.69 Å². The number of benzene rings is 2. The SMILES string of the molecule is N#CC(=Cc1cccn1-c1ccc([N+](=O)[O-])cc1)c1nc(-c2ccc(Br)cc2)cs1. The minimum Gasteiger partial charge on any atom is -0.317 e. The summed E-state index contributed by atoms with van der Waals surface area (Å²) >= 11 is 4.83. The maximum Gasteiger partial charge on any atom is 0.269 e. The largest absolute Gasteiger partial charge is 0.317 e. The predicted molar refractivity (Wildman–Crippen MR) is 121 cm³/mol. The first-order chi connectivity index (χ1) is 14.5. The molecule has 2 heterocycles. The van der Waals surface area contributed by atoms with Crippen molar-refractivity contribution in [2.45, 2.75) is 0 Å². The topological polar surface area (TPSA) is 84.8 Å². The van der Waals surface area contributed by atoms with Crippen LogP contribution in [0.3, 0.4) is 0 Å². The van der Waals surface area contributed by atoms with E-state index in [0.717, 1.165) is 27.1 Å². The fourth-order valence-corrected chi connectivity index (χ4v) is 3.98. The molecule has 0 saturated carbocycles. The number of nitro groups is 1. The Hall–Kier alpha value is -3.54. The zero-order chi connectivity index (χ0) is 21.1. The van der Waals surface area contributed by atoms with E-state index in [1.807, 2.05) is 52.5 Å². The van der Waals surface area contributed by atoms with Gasteiger partial charge in [0, 0.05) is 45.1 Å². The number of hydrogen-bond acceptors (Lipinski definition) is 5. The van der Waals surface area contributed by atoms with Crippen LogP contribution in [0.25, 0.3) is 28.6 Å². The minimum absolute atomic E-state index is 0.0315. The van der Waals surface area contributed by atoms with Gasteiger partial charge in [-0.1, -0.05) is 28.1 Å². The molecule has 0 aliphatic heterocycles. The van der Waals surface area contributed by atoms with Crippen molar-refractivity contribution < 1.29 is 4.92 Å². The van der Waals surface area contributed by atoms with Crippen molar-refractivity contribution in [3.05, 3.63) is 97.5 Å². The number of rotatable bonds is 5. The van der Waals surface area contributed by atoms with Crippen LogP contribution in [-0.2, 0) is 0 Å². The van der Waals surface area contributed by atoms with Crippen LogP contribution in [0.4, 0.5) is 5.69 Å². The molecule has 0 saturated heterocycles. The highest BCUT2D eigenvalue weighted by molar-refractivity contribution is 9.10. The van der Waals surface area contributed by atoms with Crippen molar-refractivity contribution >= 4 is 44.6 Å². The van der Waals surface area contributed by atoms with Gasteiger partial charge < -0.3 is 4.57 Å². The maximum absolute atomic E-state index is 10.9. The second kappa shape index (κ2) is 8.45. The van der Waals surface area contributed by atoms with E-state index in [2.05, 4.69) is 27.0 Å². The predicted octanol–water partition coefficient (Wildman–Crippen LogP) is 6.34. The lowest BCUT2D eigenvalue weighted by Crippen LogP contribution is -1.96. The standard InChI is InChI=1S/C22H13BrN4O2S/c23-17-5-3-15(4-6-17)21-14-30-22(25-21)16(13-24)12-20-2-1-11-26(20)18-7-9-19(10-8-18)27(28)29/h1-12,14H. The average Bonchev–Trinajstić information content (AvgIpc) is 3.42.